The molecule has 0 aliphatic rings. The number of ether oxygens (including phenoxy) is 1. The Morgan fingerprint density at radius 2 is 1.33 bits per heavy atom. The van der Waals surface area contributed by atoms with Gasteiger partial charge in [-0.1, -0.05) is 60.7 Å². The maximum absolute atomic E-state index is 11.3. The summed E-state index contributed by atoms with van der Waals surface area (Å²) in [5.74, 6) is 0. The second-order valence-electron chi connectivity index (χ2n) is 6.61. The fourth-order valence-corrected chi connectivity index (χ4v) is 3.47. The van der Waals surface area contributed by atoms with Gasteiger partial charge in [0, 0.05) is 0 Å². The zero-order chi connectivity index (χ0) is 19.5. The Balaban J connectivity index is 1.92. The molecule has 0 bridgehead atoms. The number of hydrogen-bond acceptors (Lipinski definition) is 5. The van der Waals surface area contributed by atoms with Gasteiger partial charge in [-0.05, 0) is 36.8 Å². The topological polar surface area (TPSA) is 72.8 Å². The number of benzene rings is 2. The van der Waals surface area contributed by atoms with E-state index in [9.17, 15) is 13.5 Å². The van der Waals surface area contributed by atoms with E-state index >= 15 is 0 Å². The zero-order valence-electron chi connectivity index (χ0n) is 15.7. The summed E-state index contributed by atoms with van der Waals surface area (Å²) in [7, 11) is -3.63. The van der Waals surface area contributed by atoms with Gasteiger partial charge in [-0.3, -0.25) is 4.18 Å². The molecule has 0 fully saturated rings. The molecule has 0 saturated heterocycles. The fraction of sp³-hybridized carbons (Fsp3) is 0.429. The van der Waals surface area contributed by atoms with Crippen LogP contribution in [0.2, 0.25) is 0 Å². The van der Waals surface area contributed by atoms with Crippen molar-refractivity contribution in [2.24, 2.45) is 0 Å². The van der Waals surface area contributed by atoms with Crippen LogP contribution < -0.4 is 0 Å². The van der Waals surface area contributed by atoms with E-state index in [4.69, 9.17) is 8.92 Å². The highest BCUT2D eigenvalue weighted by atomic mass is 32.2. The summed E-state index contributed by atoms with van der Waals surface area (Å²) in [6.07, 6.45) is 3.41. The Kier molecular flexibility index (Phi) is 8.94. The van der Waals surface area contributed by atoms with Crippen molar-refractivity contribution >= 4 is 10.1 Å². The molecule has 1 atom stereocenters. The summed E-state index contributed by atoms with van der Waals surface area (Å²) in [6.45, 7) is -0.366. The average molecular weight is 393 g/mol. The molecule has 27 heavy (non-hydrogen) atoms. The van der Waals surface area contributed by atoms with Crippen LogP contribution in [0.1, 0.15) is 24.0 Å². The molecule has 1 N–H and O–H groups in total. The normalized spacial score (nSPS) is 13.0. The lowest BCUT2D eigenvalue weighted by molar-refractivity contribution is -0.0213. The third-order valence-corrected chi connectivity index (χ3v) is 4.85. The maximum atomic E-state index is 11.3. The van der Waals surface area contributed by atoms with Crippen molar-refractivity contribution in [2.45, 2.75) is 37.9 Å². The van der Waals surface area contributed by atoms with Crippen molar-refractivity contribution in [1.29, 1.82) is 0 Å². The first-order chi connectivity index (χ1) is 13.0. The van der Waals surface area contributed by atoms with E-state index in [1.54, 1.807) is 0 Å². The molecule has 0 radical (unpaired) electrons. The number of aliphatic hydroxyl groups excluding tert-OH is 1. The number of aliphatic hydroxyl groups is 1. The summed E-state index contributed by atoms with van der Waals surface area (Å²) >= 11 is 0. The molecule has 2 aromatic carbocycles. The van der Waals surface area contributed by atoms with Crippen LogP contribution in [0.15, 0.2) is 60.7 Å². The molecule has 0 amide bonds. The summed E-state index contributed by atoms with van der Waals surface area (Å²) in [5.41, 5.74) is 2.47. The van der Waals surface area contributed by atoms with E-state index in [1.807, 2.05) is 36.4 Å². The van der Waals surface area contributed by atoms with Crippen LogP contribution in [0.3, 0.4) is 0 Å². The van der Waals surface area contributed by atoms with Crippen molar-refractivity contribution < 1.29 is 22.4 Å². The highest BCUT2D eigenvalue weighted by molar-refractivity contribution is 7.86. The molecule has 0 aliphatic carbocycles. The van der Waals surface area contributed by atoms with Crippen LogP contribution in [0.25, 0.3) is 0 Å². The first-order valence-corrected chi connectivity index (χ1v) is 11.0. The van der Waals surface area contributed by atoms with Gasteiger partial charge in [0.25, 0.3) is 10.1 Å². The van der Waals surface area contributed by atoms with Gasteiger partial charge in [-0.15, -0.1) is 0 Å². The summed E-state index contributed by atoms with van der Waals surface area (Å²) in [6, 6.07) is 20.3. The lowest BCUT2D eigenvalue weighted by Crippen LogP contribution is -2.29. The van der Waals surface area contributed by atoms with Crippen molar-refractivity contribution in [3.63, 3.8) is 0 Å². The Labute approximate surface area is 162 Å². The van der Waals surface area contributed by atoms with Crippen LogP contribution >= 0.6 is 0 Å². The predicted molar refractivity (Wildman–Crippen MR) is 106 cm³/mol. The quantitative estimate of drug-likeness (QED) is 0.562. The van der Waals surface area contributed by atoms with E-state index in [0.717, 1.165) is 31.9 Å². The van der Waals surface area contributed by atoms with Gasteiger partial charge in [-0.25, -0.2) is 0 Å². The zero-order valence-corrected chi connectivity index (χ0v) is 16.5. The highest BCUT2D eigenvalue weighted by Gasteiger charge is 2.18. The van der Waals surface area contributed by atoms with Crippen molar-refractivity contribution in [1.82, 2.24) is 0 Å². The maximum Gasteiger partial charge on any atom is 0.264 e. The molecular formula is C21H28O5S. The minimum absolute atomic E-state index is 0.0395. The fourth-order valence-electron chi connectivity index (χ4n) is 2.86. The Hall–Kier alpha value is -1.73. The highest BCUT2D eigenvalue weighted by Crippen LogP contribution is 2.15. The van der Waals surface area contributed by atoms with E-state index in [1.165, 1.54) is 11.1 Å². The van der Waals surface area contributed by atoms with Crippen molar-refractivity contribution in [2.75, 3.05) is 19.5 Å². The number of hydrogen-bond donors (Lipinski definition) is 1. The van der Waals surface area contributed by atoms with Crippen molar-refractivity contribution in [3.8, 4) is 0 Å². The van der Waals surface area contributed by atoms with Crippen LogP contribution in [0.5, 0.6) is 0 Å². The SMILES string of the molecule is CS(=O)(=O)OC(CO)COC(CCc1ccccc1)CCc1ccccc1. The lowest BCUT2D eigenvalue weighted by atomic mass is 10.0. The van der Waals surface area contributed by atoms with Gasteiger partial charge < -0.3 is 9.84 Å². The second kappa shape index (κ2) is 11.2. The monoisotopic (exact) mass is 392 g/mol. The molecule has 2 aromatic rings. The van der Waals surface area contributed by atoms with Gasteiger partial charge in [0.05, 0.1) is 25.6 Å². The van der Waals surface area contributed by atoms with Crippen LogP contribution in [0.4, 0.5) is 0 Å². The molecule has 0 aliphatic heterocycles. The van der Waals surface area contributed by atoms with Gasteiger partial charge >= 0.3 is 0 Å². The minimum Gasteiger partial charge on any atom is -0.394 e. The van der Waals surface area contributed by atoms with Crippen molar-refractivity contribution in [3.05, 3.63) is 71.8 Å². The largest absolute Gasteiger partial charge is 0.394 e. The van der Waals surface area contributed by atoms with Crippen LogP contribution in [-0.4, -0.2) is 45.2 Å². The lowest BCUT2D eigenvalue weighted by Gasteiger charge is -2.21. The van der Waals surface area contributed by atoms with E-state index < -0.39 is 22.8 Å². The summed E-state index contributed by atoms with van der Waals surface area (Å²) in [5, 5.41) is 9.35. The average Bonchev–Trinajstić information content (AvgIpc) is 2.67. The predicted octanol–water partition coefficient (Wildman–Crippen LogP) is 2.97. The Morgan fingerprint density at radius 3 is 1.74 bits per heavy atom. The van der Waals surface area contributed by atoms with Gasteiger partial charge in [-0.2, -0.15) is 8.42 Å². The van der Waals surface area contributed by atoms with Crippen LogP contribution in [-0.2, 0) is 31.9 Å². The number of aryl methyl sites for hydroxylation is 2. The molecule has 148 valence electrons. The first kappa shape index (κ1) is 21.6. The molecule has 1 unspecified atom stereocenters. The molecule has 0 spiro atoms. The molecule has 0 aromatic heterocycles. The minimum atomic E-state index is -3.63. The molecule has 0 saturated carbocycles. The third kappa shape index (κ3) is 9.15. The smallest absolute Gasteiger partial charge is 0.264 e. The second-order valence-corrected chi connectivity index (χ2v) is 8.21. The van der Waals surface area contributed by atoms with Gasteiger partial charge in [0.2, 0.25) is 0 Å². The first-order valence-electron chi connectivity index (χ1n) is 9.15. The summed E-state index contributed by atoms with van der Waals surface area (Å²) in [4.78, 5) is 0. The summed E-state index contributed by atoms with van der Waals surface area (Å²) < 4.78 is 33.4. The molecular weight excluding hydrogens is 364 g/mol. The molecule has 6 heteroatoms. The van der Waals surface area contributed by atoms with E-state index in [-0.39, 0.29) is 12.7 Å². The molecule has 0 heterocycles. The number of rotatable bonds is 12. The van der Waals surface area contributed by atoms with Gasteiger partial charge in [0.1, 0.15) is 6.10 Å². The third-order valence-electron chi connectivity index (χ3n) is 4.23. The molecule has 5 nitrogen and oxygen atoms in total. The Morgan fingerprint density at radius 1 is 0.852 bits per heavy atom. The van der Waals surface area contributed by atoms with Crippen LogP contribution in [0, 0.1) is 0 Å². The Bertz CT molecular complexity index is 703. The molecule has 2 rings (SSSR count). The van der Waals surface area contributed by atoms with E-state index in [0.29, 0.717) is 0 Å². The standard InChI is InChI=1S/C21H28O5S/c1-27(23,24)26-21(16-22)17-25-20(14-12-18-8-4-2-5-9-18)15-13-19-10-6-3-7-11-19/h2-11,20-22H,12-17H2,1H3. The van der Waals surface area contributed by atoms with E-state index in [2.05, 4.69) is 24.3 Å². The van der Waals surface area contributed by atoms with Gasteiger partial charge in [0.15, 0.2) is 0 Å².